The van der Waals surface area contributed by atoms with E-state index >= 15 is 0 Å². The summed E-state index contributed by atoms with van der Waals surface area (Å²) in [6.07, 6.45) is 4.13. The Bertz CT molecular complexity index is 486. The molecule has 1 saturated carbocycles. The SMILES string of the molecule is CCOC(=O)C1C2C=CC(C2)C1C(=O)N1CCOC1=O. The number of allylic oxidation sites excluding steroid dienone is 2. The van der Waals surface area contributed by atoms with Gasteiger partial charge in [0, 0.05) is 0 Å². The number of carbonyl (C=O) groups is 3. The van der Waals surface area contributed by atoms with Crippen LogP contribution in [0.5, 0.6) is 0 Å². The largest absolute Gasteiger partial charge is 0.466 e. The van der Waals surface area contributed by atoms with Crippen LogP contribution in [0, 0.1) is 23.7 Å². The van der Waals surface area contributed by atoms with Gasteiger partial charge in [0.15, 0.2) is 0 Å². The molecule has 4 atom stereocenters. The number of fused-ring (bicyclic) bond motifs is 2. The zero-order valence-corrected chi connectivity index (χ0v) is 11.3. The van der Waals surface area contributed by atoms with E-state index < -0.39 is 17.9 Å². The number of hydrogen-bond acceptors (Lipinski definition) is 5. The summed E-state index contributed by atoms with van der Waals surface area (Å²) in [5.41, 5.74) is 0. The Morgan fingerprint density at radius 2 is 2.05 bits per heavy atom. The van der Waals surface area contributed by atoms with Crippen molar-refractivity contribution in [3.63, 3.8) is 0 Å². The van der Waals surface area contributed by atoms with Gasteiger partial charge in [-0.2, -0.15) is 0 Å². The number of rotatable bonds is 3. The number of imide groups is 1. The minimum absolute atomic E-state index is 0.0234. The monoisotopic (exact) mass is 279 g/mol. The van der Waals surface area contributed by atoms with E-state index in [0.717, 1.165) is 11.3 Å². The molecule has 1 aliphatic heterocycles. The van der Waals surface area contributed by atoms with Gasteiger partial charge in [-0.15, -0.1) is 0 Å². The van der Waals surface area contributed by atoms with Crippen molar-refractivity contribution in [2.45, 2.75) is 13.3 Å². The second-order valence-electron chi connectivity index (χ2n) is 5.36. The summed E-state index contributed by atoms with van der Waals surface area (Å²) in [6.45, 7) is 2.54. The average Bonchev–Trinajstić information content (AvgIpc) is 3.12. The minimum Gasteiger partial charge on any atom is -0.466 e. The number of carbonyl (C=O) groups excluding carboxylic acids is 3. The molecule has 0 aromatic carbocycles. The Morgan fingerprint density at radius 3 is 2.65 bits per heavy atom. The average molecular weight is 279 g/mol. The van der Waals surface area contributed by atoms with E-state index in [2.05, 4.69) is 0 Å². The second-order valence-corrected chi connectivity index (χ2v) is 5.36. The highest BCUT2D eigenvalue weighted by molar-refractivity contribution is 5.97. The molecule has 0 aromatic rings. The minimum atomic E-state index is -0.607. The van der Waals surface area contributed by atoms with Crippen LogP contribution in [0.25, 0.3) is 0 Å². The Labute approximate surface area is 116 Å². The first-order valence-corrected chi connectivity index (χ1v) is 6.96. The summed E-state index contributed by atoms with van der Waals surface area (Å²) < 4.78 is 9.89. The topological polar surface area (TPSA) is 72.9 Å². The van der Waals surface area contributed by atoms with Gasteiger partial charge in [0.25, 0.3) is 0 Å². The lowest BCUT2D eigenvalue weighted by atomic mass is 9.82. The van der Waals surface area contributed by atoms with Gasteiger partial charge in [0.1, 0.15) is 6.61 Å². The van der Waals surface area contributed by atoms with Crippen molar-refractivity contribution >= 4 is 18.0 Å². The standard InChI is InChI=1S/C14H17NO5/c1-2-19-13(17)11-9-4-3-8(7-9)10(11)12(16)15-5-6-20-14(15)18/h3-4,8-11H,2,5-7H2,1H3. The van der Waals surface area contributed by atoms with Crippen molar-refractivity contribution in [1.29, 1.82) is 0 Å². The van der Waals surface area contributed by atoms with Gasteiger partial charge in [-0.05, 0) is 25.2 Å². The molecule has 2 fully saturated rings. The van der Waals surface area contributed by atoms with Crippen molar-refractivity contribution in [3.05, 3.63) is 12.2 Å². The molecule has 1 heterocycles. The van der Waals surface area contributed by atoms with E-state index in [1.165, 1.54) is 0 Å². The van der Waals surface area contributed by atoms with E-state index in [-0.39, 0.29) is 36.9 Å². The van der Waals surface area contributed by atoms with Gasteiger partial charge in [-0.1, -0.05) is 12.2 Å². The molecule has 0 N–H and O–H groups in total. The lowest BCUT2D eigenvalue weighted by molar-refractivity contribution is -0.154. The molecule has 4 unspecified atom stereocenters. The molecule has 0 spiro atoms. The number of nitrogens with zero attached hydrogens (tertiary/aromatic N) is 1. The van der Waals surface area contributed by atoms with Crippen molar-refractivity contribution in [3.8, 4) is 0 Å². The molecule has 2 bridgehead atoms. The van der Waals surface area contributed by atoms with Gasteiger partial charge >= 0.3 is 12.1 Å². The number of amides is 2. The second kappa shape index (κ2) is 4.92. The Hall–Kier alpha value is -1.85. The molecule has 6 heteroatoms. The fourth-order valence-corrected chi connectivity index (χ4v) is 3.49. The smallest absolute Gasteiger partial charge is 0.416 e. The highest BCUT2D eigenvalue weighted by Gasteiger charge is 2.54. The predicted octanol–water partition coefficient (Wildman–Crippen LogP) is 0.967. The van der Waals surface area contributed by atoms with Crippen LogP contribution < -0.4 is 0 Å². The highest BCUT2D eigenvalue weighted by atomic mass is 16.6. The third-order valence-corrected chi connectivity index (χ3v) is 4.33. The summed E-state index contributed by atoms with van der Waals surface area (Å²) in [6, 6.07) is 0. The lowest BCUT2D eigenvalue weighted by Gasteiger charge is -2.27. The van der Waals surface area contributed by atoms with E-state index in [4.69, 9.17) is 9.47 Å². The van der Waals surface area contributed by atoms with Crippen molar-refractivity contribution in [2.75, 3.05) is 19.8 Å². The van der Waals surface area contributed by atoms with Gasteiger partial charge in [0.05, 0.1) is 25.0 Å². The Morgan fingerprint density at radius 1 is 1.35 bits per heavy atom. The maximum Gasteiger partial charge on any atom is 0.416 e. The fourth-order valence-electron chi connectivity index (χ4n) is 3.49. The van der Waals surface area contributed by atoms with Crippen molar-refractivity contribution in [2.24, 2.45) is 23.7 Å². The maximum atomic E-state index is 12.6. The number of ether oxygens (including phenoxy) is 2. The van der Waals surface area contributed by atoms with Gasteiger partial charge < -0.3 is 9.47 Å². The number of cyclic esters (lactones) is 1. The molecule has 0 radical (unpaired) electrons. The van der Waals surface area contributed by atoms with Crippen LogP contribution in [0.2, 0.25) is 0 Å². The molecule has 2 amide bonds. The molecule has 6 nitrogen and oxygen atoms in total. The predicted molar refractivity (Wildman–Crippen MR) is 67.4 cm³/mol. The molecule has 108 valence electrons. The Kier molecular flexibility index (Phi) is 3.23. The Balaban J connectivity index is 1.83. The van der Waals surface area contributed by atoms with E-state index in [1.54, 1.807) is 6.92 Å². The first kappa shape index (κ1) is 13.1. The summed E-state index contributed by atoms with van der Waals surface area (Å²) in [7, 11) is 0. The maximum absolute atomic E-state index is 12.6. The summed E-state index contributed by atoms with van der Waals surface area (Å²) in [5.74, 6) is -1.53. The van der Waals surface area contributed by atoms with Crippen LogP contribution in [-0.2, 0) is 19.1 Å². The molecular formula is C14H17NO5. The van der Waals surface area contributed by atoms with Crippen LogP contribution in [0.1, 0.15) is 13.3 Å². The van der Waals surface area contributed by atoms with Crippen molar-refractivity contribution < 1.29 is 23.9 Å². The number of esters is 1. The van der Waals surface area contributed by atoms with Gasteiger partial charge in [-0.3, -0.25) is 9.59 Å². The molecular weight excluding hydrogens is 262 g/mol. The summed E-state index contributed by atoms with van der Waals surface area (Å²) in [5, 5.41) is 0. The molecule has 3 aliphatic rings. The first-order chi connectivity index (χ1) is 9.63. The number of hydrogen-bond donors (Lipinski definition) is 0. The van der Waals surface area contributed by atoms with E-state index in [1.807, 2.05) is 12.2 Å². The zero-order valence-electron chi connectivity index (χ0n) is 11.3. The van der Waals surface area contributed by atoms with Crippen LogP contribution in [0.15, 0.2) is 12.2 Å². The molecule has 1 saturated heterocycles. The molecule has 20 heavy (non-hydrogen) atoms. The van der Waals surface area contributed by atoms with Crippen molar-refractivity contribution in [1.82, 2.24) is 4.90 Å². The van der Waals surface area contributed by atoms with Crippen LogP contribution in [0.3, 0.4) is 0 Å². The molecule has 2 aliphatic carbocycles. The van der Waals surface area contributed by atoms with Crippen LogP contribution in [0.4, 0.5) is 4.79 Å². The molecule has 3 rings (SSSR count). The fraction of sp³-hybridized carbons (Fsp3) is 0.643. The first-order valence-electron chi connectivity index (χ1n) is 6.96. The third-order valence-electron chi connectivity index (χ3n) is 4.33. The summed E-state index contributed by atoms with van der Waals surface area (Å²) in [4.78, 5) is 37.3. The van der Waals surface area contributed by atoms with Crippen LogP contribution >= 0.6 is 0 Å². The lowest BCUT2D eigenvalue weighted by Crippen LogP contribution is -2.43. The van der Waals surface area contributed by atoms with Gasteiger partial charge in [-0.25, -0.2) is 9.69 Å². The summed E-state index contributed by atoms with van der Waals surface area (Å²) >= 11 is 0. The zero-order chi connectivity index (χ0) is 14.3. The van der Waals surface area contributed by atoms with E-state index in [9.17, 15) is 14.4 Å². The highest BCUT2D eigenvalue weighted by Crippen LogP contribution is 2.49. The van der Waals surface area contributed by atoms with Gasteiger partial charge in [0.2, 0.25) is 5.91 Å². The molecule has 0 aromatic heterocycles. The van der Waals surface area contributed by atoms with Crippen LogP contribution in [-0.4, -0.2) is 42.6 Å². The third kappa shape index (κ3) is 1.90. The normalized spacial score (nSPS) is 34.5. The quantitative estimate of drug-likeness (QED) is 0.568. The van der Waals surface area contributed by atoms with E-state index in [0.29, 0.717) is 6.61 Å².